The number of hydrogen-bond donors (Lipinski definition) is 0. The summed E-state index contributed by atoms with van der Waals surface area (Å²) in [5.74, 6) is 1.22. The number of benzene rings is 4. The van der Waals surface area contributed by atoms with Gasteiger partial charge in [-0.1, -0.05) is 93.9 Å². The van der Waals surface area contributed by atoms with Crippen molar-refractivity contribution in [3.8, 4) is 11.5 Å². The molecule has 4 aromatic carbocycles. The maximum Gasteiger partial charge on any atom is 0.409 e. The number of hydrogen-bond acceptors (Lipinski definition) is 6. The Bertz CT molecular complexity index is 1720. The molecule has 1 fully saturated rings. The highest BCUT2D eigenvalue weighted by atomic mass is 28.3. The predicted molar refractivity (Wildman–Crippen MR) is 208 cm³/mol. The highest BCUT2D eigenvalue weighted by Crippen LogP contribution is 2.34. The first-order valence-corrected chi connectivity index (χ1v) is 25.5. The van der Waals surface area contributed by atoms with Gasteiger partial charge in [0.1, 0.15) is 23.9 Å². The second-order valence-electron chi connectivity index (χ2n) is 15.9. The van der Waals surface area contributed by atoms with Crippen LogP contribution >= 0.6 is 0 Å². The highest BCUT2D eigenvalue weighted by Gasteiger charge is 2.34. The molecular formula is C41H54FNO6Si2. The summed E-state index contributed by atoms with van der Waals surface area (Å²) in [6.07, 6.45) is 0.0841. The molecule has 0 bridgehead atoms. The van der Waals surface area contributed by atoms with Crippen LogP contribution < -0.4 is 9.47 Å². The number of piperidine rings is 1. The van der Waals surface area contributed by atoms with Gasteiger partial charge in [0.15, 0.2) is 6.79 Å². The number of ether oxygens (including phenoxy) is 5. The van der Waals surface area contributed by atoms with Crippen LogP contribution in [-0.2, 0) is 27.4 Å². The maximum absolute atomic E-state index is 13.8. The van der Waals surface area contributed by atoms with E-state index in [1.165, 1.54) is 12.1 Å². The molecule has 274 valence electrons. The Hall–Kier alpha value is -3.71. The van der Waals surface area contributed by atoms with Gasteiger partial charge in [-0.05, 0) is 65.4 Å². The number of fused-ring (bicyclic) bond motifs is 1. The van der Waals surface area contributed by atoms with Crippen LogP contribution in [-0.4, -0.2) is 66.3 Å². The summed E-state index contributed by atoms with van der Waals surface area (Å²) in [4.78, 5) is 14.9. The summed E-state index contributed by atoms with van der Waals surface area (Å²) in [6, 6.07) is 28.8. The Morgan fingerprint density at radius 2 is 1.51 bits per heavy atom. The van der Waals surface area contributed by atoms with Crippen molar-refractivity contribution in [3.63, 3.8) is 0 Å². The van der Waals surface area contributed by atoms with Crippen molar-refractivity contribution in [2.24, 2.45) is 0 Å². The predicted octanol–water partition coefficient (Wildman–Crippen LogP) is 10.1. The van der Waals surface area contributed by atoms with Gasteiger partial charge < -0.3 is 28.6 Å². The van der Waals surface area contributed by atoms with E-state index in [-0.39, 0.29) is 30.7 Å². The van der Waals surface area contributed by atoms with Gasteiger partial charge in [-0.25, -0.2) is 9.18 Å². The fraction of sp³-hybridized carbons (Fsp3) is 0.439. The van der Waals surface area contributed by atoms with Gasteiger partial charge in [0.2, 0.25) is 0 Å². The monoisotopic (exact) mass is 731 g/mol. The van der Waals surface area contributed by atoms with Crippen molar-refractivity contribution in [1.82, 2.24) is 4.90 Å². The molecule has 4 aromatic rings. The molecular weight excluding hydrogens is 678 g/mol. The molecule has 5 rings (SSSR count). The fourth-order valence-corrected chi connectivity index (χ4v) is 7.55. The third kappa shape index (κ3) is 11.9. The Morgan fingerprint density at radius 3 is 2.27 bits per heavy atom. The van der Waals surface area contributed by atoms with Crippen LogP contribution in [0.15, 0.2) is 84.9 Å². The number of para-hydroxylation sites is 1. The average Bonchev–Trinajstić information content (AvgIpc) is 3.09. The lowest BCUT2D eigenvalue weighted by atomic mass is 9.87. The lowest BCUT2D eigenvalue weighted by Crippen LogP contribution is -2.47. The third-order valence-corrected chi connectivity index (χ3v) is 12.6. The minimum Gasteiger partial charge on any atom is -0.488 e. The summed E-state index contributed by atoms with van der Waals surface area (Å²) in [5.41, 5.74) is 2.88. The Kier molecular flexibility index (Phi) is 13.4. The molecule has 0 aromatic heterocycles. The Labute approximate surface area is 305 Å². The molecule has 1 saturated heterocycles. The van der Waals surface area contributed by atoms with Gasteiger partial charge in [-0.3, -0.25) is 0 Å². The topological polar surface area (TPSA) is 66.5 Å². The van der Waals surface area contributed by atoms with Crippen molar-refractivity contribution in [2.75, 3.05) is 33.1 Å². The van der Waals surface area contributed by atoms with E-state index >= 15 is 0 Å². The molecule has 51 heavy (non-hydrogen) atoms. The number of likely N-dealkylation sites (tertiary alicyclic amines) is 1. The maximum atomic E-state index is 13.8. The van der Waals surface area contributed by atoms with Crippen LogP contribution in [0.25, 0.3) is 10.8 Å². The van der Waals surface area contributed by atoms with Crippen LogP contribution in [0.1, 0.15) is 29.0 Å². The van der Waals surface area contributed by atoms with Crippen LogP contribution in [0.4, 0.5) is 9.18 Å². The summed E-state index contributed by atoms with van der Waals surface area (Å²) >= 11 is 0. The minimum atomic E-state index is -1.34. The van der Waals surface area contributed by atoms with E-state index in [9.17, 15) is 9.18 Å². The van der Waals surface area contributed by atoms with Gasteiger partial charge in [0, 0.05) is 46.2 Å². The summed E-state index contributed by atoms with van der Waals surface area (Å²) in [7, 11) is -2.51. The zero-order valence-electron chi connectivity index (χ0n) is 31.1. The van der Waals surface area contributed by atoms with Crippen molar-refractivity contribution in [2.45, 2.75) is 83.0 Å². The molecule has 7 nitrogen and oxygen atoms in total. The second kappa shape index (κ2) is 17.7. The lowest BCUT2D eigenvalue weighted by Gasteiger charge is -2.38. The standard InChI is InChI=1S/C41H54FNO6Si2/c1-50(2,3)23-21-45-30-49-38-14-10-8-12-34(38)29-48-39-26-31(25-33-11-7-9-13-36(33)39)28-47-40-27-43(41(44)46-22-24-51(4,5)6)20-19-37(40)32-15-17-35(42)18-16-32/h7-18,25-26,37,40H,19-24,27-30H2,1-6H3. The van der Waals surface area contributed by atoms with Gasteiger partial charge in [-0.15, -0.1) is 0 Å². The first-order valence-electron chi connectivity index (χ1n) is 18.1. The third-order valence-electron chi connectivity index (χ3n) is 9.19. The smallest absolute Gasteiger partial charge is 0.409 e. The number of halogens is 1. The van der Waals surface area contributed by atoms with Gasteiger partial charge >= 0.3 is 6.09 Å². The fourth-order valence-electron chi connectivity index (χ4n) is 6.08. The second-order valence-corrected chi connectivity index (χ2v) is 27.1. The van der Waals surface area contributed by atoms with Crippen LogP contribution in [0.3, 0.4) is 0 Å². The van der Waals surface area contributed by atoms with Crippen molar-refractivity contribution < 1.29 is 32.9 Å². The molecule has 0 aliphatic carbocycles. The molecule has 0 spiro atoms. The van der Waals surface area contributed by atoms with Crippen LogP contribution in [0, 0.1) is 5.82 Å². The number of nitrogens with zero attached hydrogens (tertiary/aromatic N) is 1. The molecule has 2 atom stereocenters. The van der Waals surface area contributed by atoms with Crippen LogP contribution in [0.2, 0.25) is 51.4 Å². The largest absolute Gasteiger partial charge is 0.488 e. The number of rotatable bonds is 16. The van der Waals surface area contributed by atoms with E-state index < -0.39 is 16.1 Å². The van der Waals surface area contributed by atoms with Gasteiger partial charge in [-0.2, -0.15) is 0 Å². The summed E-state index contributed by atoms with van der Waals surface area (Å²) in [5, 5.41) is 2.05. The Morgan fingerprint density at radius 1 is 0.804 bits per heavy atom. The SMILES string of the molecule is C[Si](C)(C)CCOCOc1ccccc1COc1cc(COC2CN(C(=O)OCC[Si](C)(C)C)CCC2c2ccc(F)cc2)cc2ccccc12. The summed E-state index contributed by atoms with van der Waals surface area (Å²) < 4.78 is 44.5. The van der Waals surface area contributed by atoms with Crippen molar-refractivity contribution in [1.29, 1.82) is 0 Å². The highest BCUT2D eigenvalue weighted by molar-refractivity contribution is 6.76. The van der Waals surface area contributed by atoms with E-state index in [0.29, 0.717) is 45.9 Å². The minimum absolute atomic E-state index is 0.00355. The Balaban J connectivity index is 1.28. The average molecular weight is 732 g/mol. The zero-order chi connectivity index (χ0) is 36.4. The van der Waals surface area contributed by atoms with Crippen molar-refractivity contribution >= 4 is 33.0 Å². The van der Waals surface area contributed by atoms with Gasteiger partial charge in [0.25, 0.3) is 0 Å². The van der Waals surface area contributed by atoms with E-state index in [1.54, 1.807) is 4.90 Å². The lowest BCUT2D eigenvalue weighted by molar-refractivity contribution is -0.0234. The molecule has 2 unspecified atom stereocenters. The van der Waals surface area contributed by atoms with E-state index in [1.807, 2.05) is 54.6 Å². The molecule has 0 saturated carbocycles. The zero-order valence-corrected chi connectivity index (χ0v) is 33.1. The molecule has 0 radical (unpaired) electrons. The first-order chi connectivity index (χ1) is 24.3. The van der Waals surface area contributed by atoms with E-state index in [2.05, 4.69) is 57.5 Å². The molecule has 1 aliphatic heterocycles. The molecule has 1 aliphatic rings. The normalized spacial score (nSPS) is 16.6. The first kappa shape index (κ1) is 38.5. The molecule has 1 heterocycles. The summed E-state index contributed by atoms with van der Waals surface area (Å²) in [6.45, 7) is 16.7. The van der Waals surface area contributed by atoms with Crippen molar-refractivity contribution in [3.05, 3.63) is 107 Å². The van der Waals surface area contributed by atoms with E-state index in [0.717, 1.165) is 51.1 Å². The number of amides is 1. The molecule has 10 heteroatoms. The number of carbonyl (C=O) groups excluding carboxylic acids is 1. The number of carbonyl (C=O) groups is 1. The molecule has 0 N–H and O–H groups in total. The van der Waals surface area contributed by atoms with Gasteiger partial charge in [0.05, 0.1) is 25.9 Å². The molecule has 1 amide bonds. The van der Waals surface area contributed by atoms with Crippen LogP contribution in [0.5, 0.6) is 11.5 Å². The van der Waals surface area contributed by atoms with E-state index in [4.69, 9.17) is 23.7 Å². The quantitative estimate of drug-likeness (QED) is 0.0650.